The molecule has 2 aliphatic rings. The van der Waals surface area contributed by atoms with E-state index < -0.39 is 48.3 Å². The zero-order valence-electron chi connectivity index (χ0n) is 35.1. The van der Waals surface area contributed by atoms with Crippen molar-refractivity contribution in [2.45, 2.75) is 62.1 Å². The van der Waals surface area contributed by atoms with Crippen LogP contribution < -0.4 is 10.1 Å². The van der Waals surface area contributed by atoms with Crippen LogP contribution in [-0.4, -0.2) is 76.8 Å². The maximum Gasteiger partial charge on any atom is 0.407 e. The van der Waals surface area contributed by atoms with Crippen molar-refractivity contribution in [2.24, 2.45) is 5.92 Å². The minimum atomic E-state index is -4.29. The average molecular weight is 897 g/mol. The highest BCUT2D eigenvalue weighted by Gasteiger charge is 2.44. The van der Waals surface area contributed by atoms with Crippen LogP contribution >= 0.6 is 7.60 Å². The zero-order valence-corrected chi connectivity index (χ0v) is 36.8. The number of ether oxygens (including phenoxy) is 5. The summed E-state index contributed by atoms with van der Waals surface area (Å²) in [5.74, 6) is 1.69. The van der Waals surface area contributed by atoms with E-state index >= 15 is 0 Å². The minimum absolute atomic E-state index is 0.00907. The number of benzene rings is 5. The van der Waals surface area contributed by atoms with Gasteiger partial charge in [-0.25, -0.2) is 13.2 Å². The van der Waals surface area contributed by atoms with E-state index in [0.29, 0.717) is 18.8 Å². The van der Waals surface area contributed by atoms with Crippen LogP contribution in [0.5, 0.6) is 5.75 Å². The maximum absolute atomic E-state index is 14.8. The molecular weight excluding hydrogens is 844 g/mol. The van der Waals surface area contributed by atoms with Crippen molar-refractivity contribution in [3.8, 4) is 5.75 Å². The molecule has 2 aliphatic heterocycles. The molecule has 2 heterocycles. The highest BCUT2D eigenvalue weighted by atomic mass is 32.2. The van der Waals surface area contributed by atoms with Crippen molar-refractivity contribution < 1.29 is 50.5 Å². The molecule has 1 N–H and O–H groups in total. The molecule has 0 aliphatic carbocycles. The number of carbonyl (C=O) groups excluding carboxylic acids is 1. The third-order valence-electron chi connectivity index (χ3n) is 10.8. The van der Waals surface area contributed by atoms with Crippen LogP contribution in [0.15, 0.2) is 162 Å². The first-order valence-corrected chi connectivity index (χ1v) is 23.9. The third kappa shape index (κ3) is 13.2. The SMILES string of the molecule is COc1ccc(S(=O)(=O)N(CC=CP(=O)(OCc2ccccc2)OCc2ccccc2)CC(OCc2ccccc2)C(Cc2ccccc2)NC(=O)OC2COC3OCCC23)cc1. The molecule has 5 aromatic carbocycles. The molecule has 63 heavy (non-hydrogen) atoms. The first-order valence-electron chi connectivity index (χ1n) is 20.9. The molecule has 0 radical (unpaired) electrons. The van der Waals surface area contributed by atoms with Crippen LogP contribution in [0.2, 0.25) is 0 Å². The van der Waals surface area contributed by atoms with Gasteiger partial charge in [0.1, 0.15) is 11.9 Å². The Balaban J connectivity index is 1.21. The van der Waals surface area contributed by atoms with Crippen LogP contribution in [0.25, 0.3) is 0 Å². The van der Waals surface area contributed by atoms with Crippen molar-refractivity contribution >= 4 is 23.7 Å². The predicted octanol–water partition coefficient (Wildman–Crippen LogP) is 8.51. The predicted molar refractivity (Wildman–Crippen MR) is 237 cm³/mol. The number of sulfonamides is 1. The molecule has 0 spiro atoms. The van der Waals surface area contributed by atoms with Gasteiger partial charge >= 0.3 is 13.7 Å². The molecule has 0 aromatic heterocycles. The van der Waals surface area contributed by atoms with Crippen LogP contribution in [0.4, 0.5) is 4.79 Å². The Hall–Kier alpha value is -5.15. The van der Waals surface area contributed by atoms with Crippen LogP contribution in [0, 0.1) is 5.92 Å². The lowest BCUT2D eigenvalue weighted by Crippen LogP contribution is -2.52. The summed E-state index contributed by atoms with van der Waals surface area (Å²) in [6.07, 6.45) is -0.128. The van der Waals surface area contributed by atoms with Gasteiger partial charge in [-0.3, -0.25) is 4.57 Å². The molecule has 332 valence electrons. The van der Waals surface area contributed by atoms with Gasteiger partial charge in [-0.15, -0.1) is 0 Å². The highest BCUT2D eigenvalue weighted by molar-refractivity contribution is 7.89. The second-order valence-corrected chi connectivity index (χ2v) is 19.0. The van der Waals surface area contributed by atoms with E-state index in [0.717, 1.165) is 22.3 Å². The molecule has 13 nitrogen and oxygen atoms in total. The van der Waals surface area contributed by atoms with E-state index in [4.69, 9.17) is 32.7 Å². The van der Waals surface area contributed by atoms with E-state index in [9.17, 15) is 17.8 Å². The number of hydrogen-bond donors (Lipinski definition) is 1. The number of nitrogens with one attached hydrogen (secondary N) is 1. The summed E-state index contributed by atoms with van der Waals surface area (Å²) < 4.78 is 86.5. The topological polar surface area (TPSA) is 148 Å². The molecule has 15 heteroatoms. The van der Waals surface area contributed by atoms with Crippen LogP contribution in [-0.2, 0) is 68.8 Å². The van der Waals surface area contributed by atoms with Gasteiger partial charge in [0.05, 0.1) is 63.1 Å². The standard InChI is InChI=1S/C48H53N2O11PS/c1-55-41-23-25-42(26-24-41)63(53,54)50(28-14-30-62(52,59-34-39-19-10-4-11-20-39)60-35-40-21-12-5-13-22-40)32-45(57-33-38-17-8-3-9-18-38)44(31-37-15-6-2-7-16-37)49-48(51)61-46-36-58-47-43(46)27-29-56-47/h2-26,30,43-47H,27-29,31-36H2,1H3,(H,49,51). The van der Waals surface area contributed by atoms with Crippen molar-refractivity contribution in [1.82, 2.24) is 9.62 Å². The first-order chi connectivity index (χ1) is 30.7. The molecule has 5 unspecified atom stereocenters. The Labute approximate surface area is 369 Å². The number of alkyl carbamates (subject to hydrolysis) is 1. The van der Waals surface area contributed by atoms with Gasteiger partial charge in [0, 0.05) is 18.9 Å². The van der Waals surface area contributed by atoms with E-state index in [-0.39, 0.29) is 56.8 Å². The normalized spacial score (nSPS) is 18.5. The summed E-state index contributed by atoms with van der Waals surface area (Å²) in [5, 5.41) is 3.04. The molecule has 5 atom stereocenters. The molecule has 2 fully saturated rings. The fourth-order valence-corrected chi connectivity index (χ4v) is 10.0. The molecule has 1 amide bonds. The lowest BCUT2D eigenvalue weighted by atomic mass is 10.0. The number of carbonyl (C=O) groups is 1. The average Bonchev–Trinajstić information content (AvgIpc) is 3.95. The second kappa shape index (κ2) is 22.5. The Morgan fingerprint density at radius 2 is 1.33 bits per heavy atom. The zero-order chi connectivity index (χ0) is 43.9. The smallest absolute Gasteiger partial charge is 0.407 e. The summed E-state index contributed by atoms with van der Waals surface area (Å²) in [6.45, 7) is 0.299. The van der Waals surface area contributed by atoms with Crippen LogP contribution in [0.3, 0.4) is 0 Å². The van der Waals surface area contributed by atoms with Crippen molar-refractivity contribution in [2.75, 3.05) is 33.4 Å². The van der Waals surface area contributed by atoms with E-state index in [2.05, 4.69) is 5.32 Å². The lowest BCUT2D eigenvalue weighted by molar-refractivity contribution is -0.0907. The molecule has 2 saturated heterocycles. The highest BCUT2D eigenvalue weighted by Crippen LogP contribution is 2.51. The monoisotopic (exact) mass is 896 g/mol. The molecular formula is C48H53N2O11PS. The van der Waals surface area contributed by atoms with Crippen molar-refractivity contribution in [3.63, 3.8) is 0 Å². The summed E-state index contributed by atoms with van der Waals surface area (Å²) in [7, 11) is -6.77. The molecule has 0 bridgehead atoms. The maximum atomic E-state index is 14.8. The quantitative estimate of drug-likeness (QED) is 0.0667. The molecule has 0 saturated carbocycles. The number of hydrogen-bond acceptors (Lipinski definition) is 11. The number of fused-ring (bicyclic) bond motifs is 1. The Morgan fingerprint density at radius 3 is 1.90 bits per heavy atom. The summed E-state index contributed by atoms with van der Waals surface area (Å²) in [5.41, 5.74) is 3.28. The molecule has 7 rings (SSSR count). The molecule has 5 aromatic rings. The fourth-order valence-electron chi connectivity index (χ4n) is 7.35. The van der Waals surface area contributed by atoms with Gasteiger partial charge < -0.3 is 38.0 Å². The first kappa shape index (κ1) is 45.9. The van der Waals surface area contributed by atoms with Gasteiger partial charge in [-0.05, 0) is 59.4 Å². The van der Waals surface area contributed by atoms with Gasteiger partial charge in [0.2, 0.25) is 10.0 Å². The summed E-state index contributed by atoms with van der Waals surface area (Å²) in [6, 6.07) is 42.8. The number of methoxy groups -OCH3 is 1. The Morgan fingerprint density at radius 1 is 0.778 bits per heavy atom. The Kier molecular flexibility index (Phi) is 16.4. The summed E-state index contributed by atoms with van der Waals surface area (Å²) in [4.78, 5) is 13.8. The fraction of sp³-hybridized carbons (Fsp3) is 0.312. The third-order valence-corrected chi connectivity index (χ3v) is 14.2. The largest absolute Gasteiger partial charge is 0.497 e. The van der Waals surface area contributed by atoms with Gasteiger partial charge in [-0.2, -0.15) is 4.31 Å². The van der Waals surface area contributed by atoms with Crippen molar-refractivity contribution in [3.05, 3.63) is 180 Å². The van der Waals surface area contributed by atoms with E-state index in [1.807, 2.05) is 121 Å². The van der Waals surface area contributed by atoms with Gasteiger partial charge in [0.25, 0.3) is 0 Å². The second-order valence-electron chi connectivity index (χ2n) is 15.2. The number of rotatable bonds is 22. The number of nitrogens with zero attached hydrogens (tertiary/aromatic N) is 1. The number of amides is 1. The van der Waals surface area contributed by atoms with E-state index in [1.54, 1.807) is 12.1 Å². The van der Waals surface area contributed by atoms with Crippen LogP contribution in [0.1, 0.15) is 28.7 Å². The lowest BCUT2D eigenvalue weighted by Gasteiger charge is -2.33. The Bertz CT molecular complexity index is 2310. The minimum Gasteiger partial charge on any atom is -0.497 e. The summed E-state index contributed by atoms with van der Waals surface area (Å²) >= 11 is 0. The van der Waals surface area contributed by atoms with Crippen molar-refractivity contribution in [1.29, 1.82) is 0 Å². The van der Waals surface area contributed by atoms with E-state index in [1.165, 1.54) is 35.4 Å². The van der Waals surface area contributed by atoms with Gasteiger partial charge in [0.15, 0.2) is 6.29 Å². The van der Waals surface area contributed by atoms with Gasteiger partial charge in [-0.1, -0.05) is 127 Å².